The Morgan fingerprint density at radius 3 is 1.74 bits per heavy atom. The van der Waals surface area contributed by atoms with Gasteiger partial charge in [-0.25, -0.2) is 0 Å². The van der Waals surface area contributed by atoms with Gasteiger partial charge in [-0.05, 0) is 0 Å². The maximum atomic E-state index is 6.47. The zero-order chi connectivity index (χ0) is 14.8. The minimum absolute atomic E-state index is 0.0137. The molecule has 0 aromatic carbocycles. The highest BCUT2D eigenvalue weighted by Crippen LogP contribution is 2.78. The molecule has 0 saturated heterocycles. The van der Waals surface area contributed by atoms with E-state index in [9.17, 15) is 0 Å². The van der Waals surface area contributed by atoms with Crippen molar-refractivity contribution >= 4 is 104 Å². The summed E-state index contributed by atoms with van der Waals surface area (Å²) in [6, 6.07) is 0. The van der Waals surface area contributed by atoms with Crippen LogP contribution in [0.5, 0.6) is 0 Å². The minimum atomic E-state index is -1.41. The van der Waals surface area contributed by atoms with Crippen molar-refractivity contribution < 1.29 is 0 Å². The highest BCUT2D eigenvalue weighted by atomic mass is 35.5. The molecule has 0 aromatic heterocycles. The van der Waals surface area contributed by atoms with Crippen molar-refractivity contribution in [3.63, 3.8) is 0 Å². The van der Waals surface area contributed by atoms with E-state index in [1.807, 2.05) is 0 Å². The lowest BCUT2D eigenvalue weighted by Crippen LogP contribution is -2.57. The van der Waals surface area contributed by atoms with Crippen LogP contribution < -0.4 is 0 Å². The zero-order valence-corrected chi connectivity index (χ0v) is 16.0. The van der Waals surface area contributed by atoms with Gasteiger partial charge in [0.05, 0.1) is 16.1 Å². The van der Waals surface area contributed by atoms with Gasteiger partial charge in [0.15, 0.2) is 0 Å². The Kier molecular flexibility index (Phi) is 5.30. The molecule has 2 bridgehead atoms. The molecule has 2 fully saturated rings. The summed E-state index contributed by atoms with van der Waals surface area (Å²) in [5.74, 6) is -0.344. The molecule has 0 spiro atoms. The lowest BCUT2D eigenvalue weighted by molar-refractivity contribution is 0.149. The molecule has 6 atom stereocenters. The number of halogens is 9. The van der Waals surface area contributed by atoms with Gasteiger partial charge in [0.1, 0.15) is 9.17 Å². The molecular formula is C10H9Cl9. The van der Waals surface area contributed by atoms with E-state index in [1.165, 1.54) is 0 Å². The quantitative estimate of drug-likeness (QED) is 0.473. The molecule has 0 aromatic rings. The average molecular weight is 448 g/mol. The van der Waals surface area contributed by atoms with Crippen LogP contribution in [0.3, 0.4) is 0 Å². The Bertz CT molecular complexity index is 372. The maximum Gasteiger partial charge on any atom is 0.143 e. The van der Waals surface area contributed by atoms with Crippen molar-refractivity contribution in [2.75, 3.05) is 11.8 Å². The fourth-order valence-corrected chi connectivity index (χ4v) is 8.93. The summed E-state index contributed by atoms with van der Waals surface area (Å²) in [5.41, 5.74) is -2.00. The fraction of sp³-hybridized carbons (Fsp3) is 1.00. The van der Waals surface area contributed by atoms with Crippen LogP contribution in [-0.2, 0) is 0 Å². The predicted octanol–water partition coefficient (Wildman–Crippen LogP) is 5.88. The number of alkyl halides is 9. The van der Waals surface area contributed by atoms with Gasteiger partial charge in [0.25, 0.3) is 0 Å². The monoisotopic (exact) mass is 444 g/mol. The van der Waals surface area contributed by atoms with Gasteiger partial charge < -0.3 is 0 Å². The standard InChI is InChI=1S/C10H9Cl9/c11-1-8(7(16)17)3-4(13)6(15)9(8,2-12)10(18,19)5(3)14/h3-7H,1-2H2/t3?,4-,5-,6+,8?,9?/m0/s1. The van der Waals surface area contributed by atoms with Crippen LogP contribution >= 0.6 is 104 Å². The molecule has 0 heterocycles. The molecule has 0 radical (unpaired) electrons. The lowest BCUT2D eigenvalue weighted by Gasteiger charge is -2.48. The first-order valence-electron chi connectivity index (χ1n) is 5.37. The van der Waals surface area contributed by atoms with Crippen molar-refractivity contribution in [2.24, 2.45) is 16.7 Å². The number of hydrogen-bond acceptors (Lipinski definition) is 0. The van der Waals surface area contributed by atoms with E-state index in [-0.39, 0.29) is 11.8 Å². The van der Waals surface area contributed by atoms with Crippen molar-refractivity contribution in [3.8, 4) is 0 Å². The summed E-state index contributed by atoms with van der Waals surface area (Å²) in [6.45, 7) is 0. The largest absolute Gasteiger partial charge is 0.143 e. The molecular weight excluding hydrogens is 439 g/mol. The van der Waals surface area contributed by atoms with E-state index in [4.69, 9.17) is 104 Å². The van der Waals surface area contributed by atoms with Gasteiger partial charge in [-0.2, -0.15) is 0 Å². The Morgan fingerprint density at radius 2 is 1.42 bits per heavy atom. The first-order chi connectivity index (χ1) is 8.66. The van der Waals surface area contributed by atoms with E-state index in [0.29, 0.717) is 0 Å². The van der Waals surface area contributed by atoms with Gasteiger partial charge in [0.2, 0.25) is 0 Å². The Hall–Kier alpha value is 2.61. The summed E-state index contributed by atoms with van der Waals surface area (Å²) in [4.78, 5) is -0.889. The molecule has 0 amide bonds. The molecule has 2 rings (SSSR count). The van der Waals surface area contributed by atoms with Crippen molar-refractivity contribution in [1.29, 1.82) is 0 Å². The Labute approximate surface area is 157 Å². The normalized spacial score (nSPS) is 52.1. The smallest absolute Gasteiger partial charge is 0.126 e. The summed E-state index contributed by atoms with van der Waals surface area (Å²) in [6.07, 6.45) is 0. The van der Waals surface area contributed by atoms with Crippen molar-refractivity contribution in [1.82, 2.24) is 0 Å². The van der Waals surface area contributed by atoms with Gasteiger partial charge >= 0.3 is 0 Å². The highest BCUT2D eigenvalue weighted by molar-refractivity contribution is 6.56. The topological polar surface area (TPSA) is 0 Å². The molecule has 2 aliphatic rings. The third-order valence-corrected chi connectivity index (χ3v) is 9.50. The fourth-order valence-electron chi connectivity index (χ4n) is 3.57. The third-order valence-electron chi connectivity index (χ3n) is 4.60. The van der Waals surface area contributed by atoms with Crippen LogP contribution in [0.4, 0.5) is 0 Å². The van der Waals surface area contributed by atoms with Crippen molar-refractivity contribution in [2.45, 2.75) is 25.3 Å². The summed E-state index contributed by atoms with van der Waals surface area (Å²) >= 11 is 56.9. The lowest BCUT2D eigenvalue weighted by atomic mass is 9.69. The minimum Gasteiger partial charge on any atom is -0.126 e. The van der Waals surface area contributed by atoms with Crippen LogP contribution in [0.1, 0.15) is 0 Å². The average Bonchev–Trinajstić information content (AvgIpc) is 2.64. The van der Waals surface area contributed by atoms with Gasteiger partial charge in [-0.3, -0.25) is 0 Å². The Morgan fingerprint density at radius 1 is 0.895 bits per heavy atom. The van der Waals surface area contributed by atoms with Gasteiger partial charge in [-0.1, -0.05) is 23.2 Å². The van der Waals surface area contributed by atoms with Crippen LogP contribution in [0, 0.1) is 16.7 Å². The molecule has 2 aliphatic carbocycles. The van der Waals surface area contributed by atoms with E-state index in [0.717, 1.165) is 0 Å². The number of rotatable bonds is 3. The first-order valence-corrected chi connectivity index (χ1v) is 9.37. The molecule has 0 aliphatic heterocycles. The Balaban J connectivity index is 2.75. The molecule has 112 valence electrons. The van der Waals surface area contributed by atoms with E-state index in [2.05, 4.69) is 0 Å². The maximum absolute atomic E-state index is 6.47. The first kappa shape index (κ1) is 18.0. The van der Waals surface area contributed by atoms with Crippen LogP contribution in [-0.4, -0.2) is 37.1 Å². The molecule has 9 heteroatoms. The number of hydrogen-bond donors (Lipinski definition) is 0. The van der Waals surface area contributed by atoms with Crippen LogP contribution in [0.2, 0.25) is 0 Å². The van der Waals surface area contributed by atoms with E-state index >= 15 is 0 Å². The summed E-state index contributed by atoms with van der Waals surface area (Å²) in [7, 11) is 0. The second kappa shape index (κ2) is 5.60. The summed E-state index contributed by atoms with van der Waals surface area (Å²) < 4.78 is -1.41. The van der Waals surface area contributed by atoms with Gasteiger partial charge in [-0.15, -0.1) is 81.2 Å². The molecule has 0 nitrogen and oxygen atoms in total. The van der Waals surface area contributed by atoms with E-state index < -0.39 is 42.0 Å². The SMILES string of the molecule is ClCC1(C(Cl)Cl)C2[C@H](Cl)[C@@H](Cl)C1(CCl)C(Cl)(Cl)[C@H]2Cl. The molecule has 19 heavy (non-hydrogen) atoms. The third kappa shape index (κ3) is 1.82. The van der Waals surface area contributed by atoms with Gasteiger partial charge in [0, 0.05) is 28.5 Å². The molecule has 0 N–H and O–H groups in total. The van der Waals surface area contributed by atoms with Crippen LogP contribution in [0.15, 0.2) is 0 Å². The second-order valence-corrected chi connectivity index (χ2v) is 9.44. The zero-order valence-electron chi connectivity index (χ0n) is 9.20. The van der Waals surface area contributed by atoms with Crippen molar-refractivity contribution in [3.05, 3.63) is 0 Å². The summed E-state index contributed by atoms with van der Waals surface area (Å²) in [5, 5.41) is -1.82. The van der Waals surface area contributed by atoms with E-state index in [1.54, 1.807) is 0 Å². The highest BCUT2D eigenvalue weighted by Gasteiger charge is 2.85. The molecule has 3 unspecified atom stereocenters. The number of fused-ring (bicyclic) bond motifs is 2. The predicted molar refractivity (Wildman–Crippen MR) is 88.7 cm³/mol. The molecule has 2 saturated carbocycles. The second-order valence-electron chi connectivity index (χ2n) is 4.98. The van der Waals surface area contributed by atoms with Crippen LogP contribution in [0.25, 0.3) is 0 Å².